The topological polar surface area (TPSA) is 84.2 Å². The van der Waals surface area contributed by atoms with Crippen LogP contribution in [0.3, 0.4) is 0 Å². The second-order valence-corrected chi connectivity index (χ2v) is 6.49. The lowest BCUT2D eigenvalue weighted by atomic mass is 9.97. The molecule has 118 valence electrons. The number of hydrogen-bond acceptors (Lipinski definition) is 3. The van der Waals surface area contributed by atoms with Gasteiger partial charge in [-0.1, -0.05) is 18.9 Å². The van der Waals surface area contributed by atoms with Crippen molar-refractivity contribution in [1.29, 1.82) is 0 Å². The molecule has 0 atom stereocenters. The molecule has 5 nitrogen and oxygen atoms in total. The molecule has 2 fully saturated rings. The van der Waals surface area contributed by atoms with Gasteiger partial charge in [0.2, 0.25) is 5.91 Å². The number of benzene rings is 1. The Morgan fingerprint density at radius 1 is 1.23 bits per heavy atom. The van der Waals surface area contributed by atoms with Crippen molar-refractivity contribution in [3.63, 3.8) is 0 Å². The van der Waals surface area contributed by atoms with Gasteiger partial charge in [-0.3, -0.25) is 9.59 Å². The maximum absolute atomic E-state index is 12.5. The van der Waals surface area contributed by atoms with Crippen LogP contribution in [0.2, 0.25) is 0 Å². The van der Waals surface area contributed by atoms with Crippen molar-refractivity contribution in [2.24, 2.45) is 11.7 Å². The standard InChI is InChI=1S/C17H23N3O2/c18-11-17(8-1-2-9-17)20-16(22)13-4-3-5-14(10-13)19-15(21)12-6-7-12/h3-5,10,12H,1-2,6-9,11,18H2,(H,19,21)(H,20,22). The van der Waals surface area contributed by atoms with Gasteiger partial charge in [-0.25, -0.2) is 0 Å². The van der Waals surface area contributed by atoms with Crippen molar-refractivity contribution in [1.82, 2.24) is 5.32 Å². The summed E-state index contributed by atoms with van der Waals surface area (Å²) >= 11 is 0. The summed E-state index contributed by atoms with van der Waals surface area (Å²) in [6, 6.07) is 7.10. The highest BCUT2D eigenvalue weighted by atomic mass is 16.2. The van der Waals surface area contributed by atoms with Crippen LogP contribution in [0.25, 0.3) is 0 Å². The molecule has 5 heteroatoms. The molecule has 0 radical (unpaired) electrons. The third-order valence-electron chi connectivity index (χ3n) is 4.67. The van der Waals surface area contributed by atoms with E-state index in [1.54, 1.807) is 18.2 Å². The first kappa shape index (κ1) is 15.0. The van der Waals surface area contributed by atoms with E-state index in [2.05, 4.69) is 10.6 Å². The van der Waals surface area contributed by atoms with Crippen LogP contribution < -0.4 is 16.4 Å². The molecule has 0 aromatic heterocycles. The molecule has 0 aliphatic heterocycles. The lowest BCUT2D eigenvalue weighted by Gasteiger charge is -2.28. The molecule has 0 unspecified atom stereocenters. The van der Waals surface area contributed by atoms with Crippen molar-refractivity contribution in [2.45, 2.75) is 44.1 Å². The molecule has 3 rings (SSSR count). The molecule has 0 spiro atoms. The fraction of sp³-hybridized carbons (Fsp3) is 0.529. The molecule has 22 heavy (non-hydrogen) atoms. The van der Waals surface area contributed by atoms with Gasteiger partial charge in [-0.05, 0) is 43.9 Å². The molecule has 2 aliphatic rings. The predicted octanol–water partition coefficient (Wildman–Crippen LogP) is 2.04. The second-order valence-electron chi connectivity index (χ2n) is 6.49. The number of amides is 2. The quantitative estimate of drug-likeness (QED) is 0.778. The van der Waals surface area contributed by atoms with Crippen LogP contribution in [0, 0.1) is 5.92 Å². The van der Waals surface area contributed by atoms with E-state index in [-0.39, 0.29) is 23.3 Å². The summed E-state index contributed by atoms with van der Waals surface area (Å²) < 4.78 is 0. The fourth-order valence-electron chi connectivity index (χ4n) is 3.07. The van der Waals surface area contributed by atoms with Gasteiger partial charge in [-0.2, -0.15) is 0 Å². The van der Waals surface area contributed by atoms with E-state index in [1.807, 2.05) is 6.07 Å². The van der Waals surface area contributed by atoms with Crippen molar-refractivity contribution in [3.05, 3.63) is 29.8 Å². The zero-order valence-corrected chi connectivity index (χ0v) is 12.7. The van der Waals surface area contributed by atoms with Gasteiger partial charge in [0, 0.05) is 23.7 Å². The van der Waals surface area contributed by atoms with Crippen LogP contribution >= 0.6 is 0 Å². The summed E-state index contributed by atoms with van der Waals surface area (Å²) in [5.41, 5.74) is 6.84. The molecule has 2 saturated carbocycles. The Morgan fingerprint density at radius 2 is 1.95 bits per heavy atom. The van der Waals surface area contributed by atoms with Crippen molar-refractivity contribution >= 4 is 17.5 Å². The van der Waals surface area contributed by atoms with Gasteiger partial charge < -0.3 is 16.4 Å². The second kappa shape index (κ2) is 6.08. The first-order chi connectivity index (χ1) is 10.6. The molecule has 1 aromatic carbocycles. The molecule has 2 amide bonds. The number of anilines is 1. The highest BCUT2D eigenvalue weighted by Gasteiger charge is 2.34. The van der Waals surface area contributed by atoms with E-state index in [9.17, 15) is 9.59 Å². The van der Waals surface area contributed by atoms with Crippen molar-refractivity contribution < 1.29 is 9.59 Å². The molecule has 0 heterocycles. The minimum absolute atomic E-state index is 0.0479. The maximum atomic E-state index is 12.5. The Morgan fingerprint density at radius 3 is 2.59 bits per heavy atom. The van der Waals surface area contributed by atoms with Gasteiger partial charge in [-0.15, -0.1) is 0 Å². The average Bonchev–Trinajstić information content (AvgIpc) is 3.28. The minimum atomic E-state index is -0.260. The average molecular weight is 301 g/mol. The number of nitrogens with two attached hydrogens (primary N) is 1. The van der Waals surface area contributed by atoms with E-state index in [0.717, 1.165) is 38.5 Å². The lowest BCUT2D eigenvalue weighted by Crippen LogP contribution is -2.51. The maximum Gasteiger partial charge on any atom is 0.251 e. The van der Waals surface area contributed by atoms with Crippen molar-refractivity contribution in [2.75, 3.05) is 11.9 Å². The zero-order valence-electron chi connectivity index (χ0n) is 12.7. The van der Waals surface area contributed by atoms with E-state index in [4.69, 9.17) is 5.73 Å². The van der Waals surface area contributed by atoms with E-state index >= 15 is 0 Å². The monoisotopic (exact) mass is 301 g/mol. The molecule has 0 saturated heterocycles. The first-order valence-corrected chi connectivity index (χ1v) is 8.05. The SMILES string of the molecule is NCC1(NC(=O)c2cccc(NC(=O)C3CC3)c2)CCCC1. The lowest BCUT2D eigenvalue weighted by molar-refractivity contribution is -0.117. The number of carbonyl (C=O) groups is 2. The Kier molecular flexibility index (Phi) is 4.16. The van der Waals surface area contributed by atoms with Crippen LogP contribution in [0.5, 0.6) is 0 Å². The van der Waals surface area contributed by atoms with E-state index in [0.29, 0.717) is 17.8 Å². The van der Waals surface area contributed by atoms with Crippen LogP contribution in [0.1, 0.15) is 48.9 Å². The van der Waals surface area contributed by atoms with Gasteiger partial charge >= 0.3 is 0 Å². The number of nitrogens with one attached hydrogen (secondary N) is 2. The molecular weight excluding hydrogens is 278 g/mol. The van der Waals surface area contributed by atoms with E-state index < -0.39 is 0 Å². The summed E-state index contributed by atoms with van der Waals surface area (Å²) in [5, 5.41) is 5.97. The van der Waals surface area contributed by atoms with Crippen molar-refractivity contribution in [3.8, 4) is 0 Å². The third kappa shape index (κ3) is 3.30. The summed E-state index contributed by atoms with van der Waals surface area (Å²) in [6.07, 6.45) is 6.01. The summed E-state index contributed by atoms with van der Waals surface area (Å²) in [6.45, 7) is 0.469. The zero-order chi connectivity index (χ0) is 15.6. The first-order valence-electron chi connectivity index (χ1n) is 8.05. The van der Waals surface area contributed by atoms with Gasteiger partial charge in [0.15, 0.2) is 0 Å². The number of hydrogen-bond donors (Lipinski definition) is 3. The molecule has 4 N–H and O–H groups in total. The van der Waals surface area contributed by atoms with Crippen LogP contribution in [0.15, 0.2) is 24.3 Å². The number of carbonyl (C=O) groups excluding carboxylic acids is 2. The third-order valence-corrected chi connectivity index (χ3v) is 4.67. The summed E-state index contributed by atoms with van der Waals surface area (Å²) in [4.78, 5) is 24.3. The van der Waals surface area contributed by atoms with E-state index in [1.165, 1.54) is 0 Å². The fourth-order valence-corrected chi connectivity index (χ4v) is 3.07. The van der Waals surface area contributed by atoms with Crippen LogP contribution in [-0.2, 0) is 4.79 Å². The Bertz CT molecular complexity index is 575. The van der Waals surface area contributed by atoms with Crippen LogP contribution in [-0.4, -0.2) is 23.9 Å². The molecular formula is C17H23N3O2. The van der Waals surface area contributed by atoms with Gasteiger partial charge in [0.05, 0.1) is 5.54 Å². The number of rotatable bonds is 5. The summed E-state index contributed by atoms with van der Waals surface area (Å²) in [7, 11) is 0. The normalized spacial score (nSPS) is 19.7. The highest BCUT2D eigenvalue weighted by Crippen LogP contribution is 2.31. The van der Waals surface area contributed by atoms with Crippen LogP contribution in [0.4, 0.5) is 5.69 Å². The Balaban J connectivity index is 1.68. The molecule has 0 bridgehead atoms. The Labute approximate surface area is 130 Å². The Hall–Kier alpha value is -1.88. The smallest absolute Gasteiger partial charge is 0.251 e. The highest BCUT2D eigenvalue weighted by molar-refractivity contribution is 5.98. The van der Waals surface area contributed by atoms with Gasteiger partial charge in [0.25, 0.3) is 5.91 Å². The molecule has 1 aromatic rings. The largest absolute Gasteiger partial charge is 0.345 e. The van der Waals surface area contributed by atoms with Gasteiger partial charge in [0.1, 0.15) is 0 Å². The molecule has 2 aliphatic carbocycles. The summed E-state index contributed by atoms with van der Waals surface area (Å²) in [5.74, 6) is 0.0816. The predicted molar refractivity (Wildman–Crippen MR) is 85.5 cm³/mol. The minimum Gasteiger partial charge on any atom is -0.345 e.